The number of amides is 1. The number of hydrogen-bond acceptors (Lipinski definition) is 5. The van der Waals surface area contributed by atoms with Gasteiger partial charge in [0, 0.05) is 19.2 Å². The van der Waals surface area contributed by atoms with Crippen molar-refractivity contribution < 1.29 is 24.2 Å². The molecule has 3 aromatic carbocycles. The van der Waals surface area contributed by atoms with E-state index < -0.39 is 17.7 Å². The lowest BCUT2D eigenvalue weighted by Gasteiger charge is -2.26. The highest BCUT2D eigenvalue weighted by Gasteiger charge is 2.45. The van der Waals surface area contributed by atoms with E-state index in [9.17, 15) is 14.7 Å². The Labute approximate surface area is 224 Å². The van der Waals surface area contributed by atoms with Gasteiger partial charge in [0.05, 0.1) is 18.2 Å². The van der Waals surface area contributed by atoms with Crippen molar-refractivity contribution in [2.75, 3.05) is 20.3 Å². The summed E-state index contributed by atoms with van der Waals surface area (Å²) in [6.45, 7) is 9.34. The normalized spacial score (nSPS) is 17.2. The van der Waals surface area contributed by atoms with E-state index in [1.165, 1.54) is 4.90 Å². The molecule has 1 amide bonds. The van der Waals surface area contributed by atoms with Crippen LogP contribution in [0.5, 0.6) is 5.75 Å². The SMILES string of the molecule is COCCN1C(=O)C(=O)/C(=C(/O)c2ccc(OCc3cccc(C)c3)cc2)[C@H]1c1ccc(C(C)(C)C)cc1. The van der Waals surface area contributed by atoms with Crippen LogP contribution in [-0.2, 0) is 26.3 Å². The fourth-order valence-corrected chi connectivity index (χ4v) is 4.65. The summed E-state index contributed by atoms with van der Waals surface area (Å²) in [6.07, 6.45) is 0. The van der Waals surface area contributed by atoms with Gasteiger partial charge in [-0.15, -0.1) is 0 Å². The van der Waals surface area contributed by atoms with Crippen molar-refractivity contribution in [1.82, 2.24) is 4.90 Å². The summed E-state index contributed by atoms with van der Waals surface area (Å²) < 4.78 is 11.1. The maximum absolute atomic E-state index is 13.2. The maximum Gasteiger partial charge on any atom is 0.295 e. The van der Waals surface area contributed by atoms with Gasteiger partial charge in [-0.05, 0) is 53.3 Å². The number of nitrogens with zero attached hydrogens (tertiary/aromatic N) is 1. The van der Waals surface area contributed by atoms with Crippen molar-refractivity contribution in [3.63, 3.8) is 0 Å². The van der Waals surface area contributed by atoms with Gasteiger partial charge >= 0.3 is 0 Å². The highest BCUT2D eigenvalue weighted by molar-refractivity contribution is 6.46. The number of rotatable bonds is 8. The number of hydrogen-bond donors (Lipinski definition) is 1. The van der Waals surface area contributed by atoms with E-state index in [0.717, 1.165) is 22.3 Å². The smallest absolute Gasteiger partial charge is 0.295 e. The molecule has 1 aliphatic rings. The van der Waals surface area contributed by atoms with Gasteiger partial charge in [-0.25, -0.2) is 0 Å². The zero-order valence-corrected chi connectivity index (χ0v) is 22.7. The third-order valence-corrected chi connectivity index (χ3v) is 6.78. The van der Waals surface area contributed by atoms with Crippen molar-refractivity contribution in [2.24, 2.45) is 0 Å². The van der Waals surface area contributed by atoms with Crippen LogP contribution < -0.4 is 4.74 Å². The Balaban J connectivity index is 1.65. The van der Waals surface area contributed by atoms with Gasteiger partial charge in [0.25, 0.3) is 11.7 Å². The predicted octanol–water partition coefficient (Wildman–Crippen LogP) is 5.94. The van der Waals surface area contributed by atoms with Crippen LogP contribution in [0.1, 0.15) is 54.6 Å². The van der Waals surface area contributed by atoms with Gasteiger partial charge in [-0.1, -0.05) is 74.9 Å². The zero-order chi connectivity index (χ0) is 27.4. The molecule has 6 nitrogen and oxygen atoms in total. The lowest BCUT2D eigenvalue weighted by Crippen LogP contribution is -2.32. The Morgan fingerprint density at radius 1 is 0.974 bits per heavy atom. The molecule has 6 heteroatoms. The van der Waals surface area contributed by atoms with Crippen molar-refractivity contribution in [3.05, 3.63) is 106 Å². The molecule has 1 atom stereocenters. The van der Waals surface area contributed by atoms with Crippen LogP contribution in [0.4, 0.5) is 0 Å². The van der Waals surface area contributed by atoms with E-state index in [1.807, 2.05) is 49.4 Å². The highest BCUT2D eigenvalue weighted by Crippen LogP contribution is 2.40. The molecular weight excluding hydrogens is 478 g/mol. The van der Waals surface area contributed by atoms with E-state index >= 15 is 0 Å². The molecule has 1 aliphatic heterocycles. The molecule has 1 N–H and O–H groups in total. The first kappa shape index (κ1) is 27.1. The summed E-state index contributed by atoms with van der Waals surface area (Å²) in [5.41, 5.74) is 4.59. The number of aliphatic hydroxyl groups is 1. The minimum Gasteiger partial charge on any atom is -0.507 e. The highest BCUT2D eigenvalue weighted by atomic mass is 16.5. The van der Waals surface area contributed by atoms with Crippen molar-refractivity contribution in [2.45, 2.75) is 45.8 Å². The Kier molecular flexibility index (Phi) is 8.02. The van der Waals surface area contributed by atoms with Gasteiger partial charge in [-0.3, -0.25) is 9.59 Å². The molecule has 4 rings (SSSR count). The second-order valence-electron chi connectivity index (χ2n) is 10.7. The lowest BCUT2D eigenvalue weighted by atomic mass is 9.85. The molecular formula is C32H35NO5. The lowest BCUT2D eigenvalue weighted by molar-refractivity contribution is -0.140. The van der Waals surface area contributed by atoms with Crippen molar-refractivity contribution in [1.29, 1.82) is 0 Å². The van der Waals surface area contributed by atoms with Crippen LogP contribution in [0, 0.1) is 6.92 Å². The molecule has 0 bridgehead atoms. The summed E-state index contributed by atoms with van der Waals surface area (Å²) in [7, 11) is 1.55. The van der Waals surface area contributed by atoms with Crippen LogP contribution in [0.3, 0.4) is 0 Å². The van der Waals surface area contributed by atoms with Gasteiger partial charge in [-0.2, -0.15) is 0 Å². The van der Waals surface area contributed by atoms with Gasteiger partial charge < -0.3 is 19.5 Å². The van der Waals surface area contributed by atoms with Crippen LogP contribution in [-0.4, -0.2) is 42.0 Å². The number of methoxy groups -OCH3 is 1. The van der Waals surface area contributed by atoms with Crippen molar-refractivity contribution >= 4 is 17.4 Å². The molecule has 38 heavy (non-hydrogen) atoms. The second kappa shape index (κ2) is 11.2. The molecule has 0 saturated carbocycles. The average molecular weight is 514 g/mol. The number of aliphatic hydroxyl groups excluding tert-OH is 1. The summed E-state index contributed by atoms with van der Waals surface area (Å²) in [4.78, 5) is 27.7. The summed E-state index contributed by atoms with van der Waals surface area (Å²) in [6, 6.07) is 22.1. The molecule has 3 aromatic rings. The molecule has 0 aromatic heterocycles. The molecule has 0 unspecified atom stereocenters. The standard InChI is InChI=1S/C32H35NO5/c1-21-7-6-8-22(19-21)20-38-26-15-11-24(12-16-26)29(34)27-28(33(17-18-37-5)31(36)30(27)35)23-9-13-25(14-10-23)32(2,3)4/h6-16,19,28,34H,17-18,20H2,1-5H3/b29-27+/t28-/m1/s1. The molecule has 1 fully saturated rings. The number of Topliss-reactive ketones (excluding diaryl/α,β-unsaturated/α-hetero) is 1. The first-order chi connectivity index (χ1) is 18.1. The number of aryl methyl sites for hydroxylation is 1. The third kappa shape index (κ3) is 5.81. The quantitative estimate of drug-likeness (QED) is 0.229. The van der Waals surface area contributed by atoms with Crippen LogP contribution in [0.15, 0.2) is 78.4 Å². The number of ketones is 1. The van der Waals surface area contributed by atoms with E-state index in [4.69, 9.17) is 9.47 Å². The zero-order valence-electron chi connectivity index (χ0n) is 22.7. The molecule has 0 radical (unpaired) electrons. The largest absolute Gasteiger partial charge is 0.507 e. The summed E-state index contributed by atoms with van der Waals surface area (Å²) >= 11 is 0. The van der Waals surface area contributed by atoms with Crippen LogP contribution in [0.2, 0.25) is 0 Å². The van der Waals surface area contributed by atoms with Crippen LogP contribution >= 0.6 is 0 Å². The first-order valence-corrected chi connectivity index (χ1v) is 12.8. The Bertz CT molecular complexity index is 1330. The topological polar surface area (TPSA) is 76.1 Å². The fourth-order valence-electron chi connectivity index (χ4n) is 4.65. The Morgan fingerprint density at radius 3 is 2.26 bits per heavy atom. The minimum absolute atomic E-state index is 0.0421. The number of carbonyl (C=O) groups is 2. The maximum atomic E-state index is 13.2. The monoisotopic (exact) mass is 513 g/mol. The summed E-state index contributed by atoms with van der Waals surface area (Å²) in [5, 5.41) is 11.3. The van der Waals surface area contributed by atoms with E-state index in [0.29, 0.717) is 17.9 Å². The van der Waals surface area contributed by atoms with Gasteiger partial charge in [0.1, 0.15) is 18.1 Å². The number of ether oxygens (including phenoxy) is 2. The fraction of sp³-hybridized carbons (Fsp3) is 0.312. The first-order valence-electron chi connectivity index (χ1n) is 12.8. The molecule has 0 spiro atoms. The molecule has 0 aliphatic carbocycles. The van der Waals surface area contributed by atoms with Crippen LogP contribution in [0.25, 0.3) is 5.76 Å². The third-order valence-electron chi connectivity index (χ3n) is 6.78. The minimum atomic E-state index is -0.712. The molecule has 198 valence electrons. The Morgan fingerprint density at radius 2 is 1.66 bits per heavy atom. The number of likely N-dealkylation sites (tertiary alicyclic amines) is 1. The van der Waals surface area contributed by atoms with Crippen molar-refractivity contribution in [3.8, 4) is 5.75 Å². The van der Waals surface area contributed by atoms with E-state index in [-0.39, 0.29) is 29.9 Å². The number of carbonyl (C=O) groups excluding carboxylic acids is 2. The summed E-state index contributed by atoms with van der Waals surface area (Å²) in [5.74, 6) is -0.925. The van der Waals surface area contributed by atoms with E-state index in [1.54, 1.807) is 31.4 Å². The Hall–Kier alpha value is -3.90. The van der Waals surface area contributed by atoms with E-state index in [2.05, 4.69) is 26.8 Å². The average Bonchev–Trinajstić information content (AvgIpc) is 3.15. The van der Waals surface area contributed by atoms with Gasteiger partial charge in [0.15, 0.2) is 0 Å². The second-order valence-corrected chi connectivity index (χ2v) is 10.7. The molecule has 1 saturated heterocycles. The van der Waals surface area contributed by atoms with Gasteiger partial charge in [0.2, 0.25) is 0 Å². The predicted molar refractivity (Wildman–Crippen MR) is 148 cm³/mol. The number of benzene rings is 3. The molecule has 1 heterocycles.